The maximum absolute atomic E-state index is 17.0. The number of amides is 2. The molecule has 7 rings (SSSR count). The van der Waals surface area contributed by atoms with E-state index >= 15 is 4.39 Å². The van der Waals surface area contributed by atoms with Crippen LogP contribution >= 0.6 is 0 Å². The van der Waals surface area contributed by atoms with Crippen molar-refractivity contribution in [2.24, 2.45) is 5.92 Å². The van der Waals surface area contributed by atoms with Crippen LogP contribution in [-0.4, -0.2) is 59.8 Å². The molecule has 252 valence electrons. The number of ether oxygens (including phenoxy) is 1. The number of benzene rings is 1. The fraction of sp³-hybridized carbons (Fsp3) is 0.474. The maximum atomic E-state index is 17.0. The van der Waals surface area contributed by atoms with Crippen LogP contribution in [0.4, 0.5) is 9.18 Å². The third-order valence-electron chi connectivity index (χ3n) is 9.68. The van der Waals surface area contributed by atoms with E-state index in [1.165, 1.54) is 0 Å². The standard InChI is InChI=1S/C38H45FN6O3/c1-7-31-27(14-11-23(3)41-31)28-16-30(36(46)43-21-26-18-40-45(8-2)33(26)22-43)34(39)29-17-32(44(35(28)29)19-24-12-13-24)25-10-9-15-42(20-25)37(47)48-38(4,5)6/h10-11,14,16-18,24H,7-9,12-13,15,19-22H2,1-6H3. The highest BCUT2D eigenvalue weighted by Crippen LogP contribution is 2.42. The maximum Gasteiger partial charge on any atom is 0.410 e. The van der Waals surface area contributed by atoms with Gasteiger partial charge in [-0.2, -0.15) is 5.10 Å². The Kier molecular flexibility index (Phi) is 8.16. The number of carbonyl (C=O) groups excluding carboxylic acids is 2. The van der Waals surface area contributed by atoms with Crippen molar-refractivity contribution in [1.82, 2.24) is 29.1 Å². The zero-order valence-corrected chi connectivity index (χ0v) is 28.9. The van der Waals surface area contributed by atoms with Gasteiger partial charge in [0.15, 0.2) is 0 Å². The van der Waals surface area contributed by atoms with Gasteiger partial charge in [0.2, 0.25) is 0 Å². The van der Waals surface area contributed by atoms with Gasteiger partial charge in [0.1, 0.15) is 11.4 Å². The number of aromatic nitrogens is 4. The van der Waals surface area contributed by atoms with Crippen LogP contribution in [0.1, 0.15) is 92.6 Å². The first-order valence-corrected chi connectivity index (χ1v) is 17.3. The Bertz CT molecular complexity index is 1960. The van der Waals surface area contributed by atoms with E-state index in [1.807, 2.05) is 57.6 Å². The molecule has 5 heterocycles. The Morgan fingerprint density at radius 2 is 1.83 bits per heavy atom. The Hall–Kier alpha value is -4.47. The molecule has 2 aliphatic heterocycles. The summed E-state index contributed by atoms with van der Waals surface area (Å²) in [5.41, 5.74) is 7.60. The predicted molar refractivity (Wildman–Crippen MR) is 184 cm³/mol. The summed E-state index contributed by atoms with van der Waals surface area (Å²) in [4.78, 5) is 35.7. The molecule has 10 heteroatoms. The van der Waals surface area contributed by atoms with Crippen LogP contribution in [0.5, 0.6) is 0 Å². The van der Waals surface area contributed by atoms with E-state index in [0.29, 0.717) is 56.9 Å². The minimum atomic E-state index is -0.605. The van der Waals surface area contributed by atoms with E-state index in [4.69, 9.17) is 9.72 Å². The Labute approximate surface area is 281 Å². The van der Waals surface area contributed by atoms with Gasteiger partial charge in [0, 0.05) is 65.3 Å². The zero-order chi connectivity index (χ0) is 33.9. The number of rotatable bonds is 7. The summed E-state index contributed by atoms with van der Waals surface area (Å²) < 4.78 is 26.9. The Morgan fingerprint density at radius 3 is 2.54 bits per heavy atom. The number of pyridine rings is 1. The fourth-order valence-electron chi connectivity index (χ4n) is 7.13. The summed E-state index contributed by atoms with van der Waals surface area (Å²) in [5, 5.41) is 4.85. The van der Waals surface area contributed by atoms with Crippen molar-refractivity contribution < 1.29 is 18.7 Å². The lowest BCUT2D eigenvalue weighted by molar-refractivity contribution is 0.0272. The van der Waals surface area contributed by atoms with Crippen molar-refractivity contribution in [3.8, 4) is 11.1 Å². The molecule has 1 aromatic carbocycles. The zero-order valence-electron chi connectivity index (χ0n) is 28.9. The molecule has 9 nitrogen and oxygen atoms in total. The fourth-order valence-corrected chi connectivity index (χ4v) is 7.13. The van der Waals surface area contributed by atoms with Crippen LogP contribution in [0.25, 0.3) is 27.6 Å². The van der Waals surface area contributed by atoms with Gasteiger partial charge >= 0.3 is 6.09 Å². The van der Waals surface area contributed by atoms with Gasteiger partial charge in [0.05, 0.1) is 36.1 Å². The third kappa shape index (κ3) is 5.90. The van der Waals surface area contributed by atoms with Crippen LogP contribution in [0.3, 0.4) is 0 Å². The van der Waals surface area contributed by atoms with Crippen LogP contribution in [0.15, 0.2) is 36.5 Å². The molecule has 0 radical (unpaired) electrons. The van der Waals surface area contributed by atoms with Gasteiger partial charge in [-0.1, -0.05) is 19.1 Å². The lowest BCUT2D eigenvalue weighted by Crippen LogP contribution is -2.39. The predicted octanol–water partition coefficient (Wildman–Crippen LogP) is 7.52. The van der Waals surface area contributed by atoms with Crippen LogP contribution in [-0.2, 0) is 37.3 Å². The molecule has 3 aromatic heterocycles. The number of aryl methyl sites for hydroxylation is 3. The number of hydrogen-bond donors (Lipinski definition) is 0. The molecule has 1 saturated carbocycles. The number of nitrogens with zero attached hydrogens (tertiary/aromatic N) is 6. The molecule has 0 unspecified atom stereocenters. The molecular weight excluding hydrogens is 607 g/mol. The molecular formula is C38H45FN6O3. The molecule has 0 bridgehead atoms. The van der Waals surface area contributed by atoms with Gasteiger partial charge in [-0.15, -0.1) is 0 Å². The number of fused-ring (bicyclic) bond motifs is 2. The second kappa shape index (κ2) is 12.2. The molecule has 2 amide bonds. The molecule has 0 atom stereocenters. The van der Waals surface area contributed by atoms with E-state index in [9.17, 15) is 9.59 Å². The molecule has 3 aliphatic rings. The average Bonchev–Trinajstić information content (AvgIpc) is 3.45. The summed E-state index contributed by atoms with van der Waals surface area (Å²) in [7, 11) is 0. The van der Waals surface area contributed by atoms with Crippen molar-refractivity contribution in [1.29, 1.82) is 0 Å². The molecule has 0 N–H and O–H groups in total. The molecule has 1 aliphatic carbocycles. The van der Waals surface area contributed by atoms with Crippen molar-refractivity contribution in [3.63, 3.8) is 0 Å². The SMILES string of the molecule is CCc1nc(C)ccc1-c1cc(C(=O)N2Cc3cnn(CC)c3C2)c(F)c2cc(C3=CCCN(C(=O)OC(C)(C)C)C3)n(CC3CC3)c12. The second-order valence-electron chi connectivity index (χ2n) is 14.4. The van der Waals surface area contributed by atoms with Gasteiger partial charge in [-0.05, 0) is 90.0 Å². The summed E-state index contributed by atoms with van der Waals surface area (Å²) in [6.07, 6.45) is 7.22. The molecule has 0 saturated heterocycles. The highest BCUT2D eigenvalue weighted by atomic mass is 19.1. The summed E-state index contributed by atoms with van der Waals surface area (Å²) in [6, 6.07) is 7.70. The minimum absolute atomic E-state index is 0.0596. The van der Waals surface area contributed by atoms with E-state index < -0.39 is 11.4 Å². The first kappa shape index (κ1) is 32.1. The monoisotopic (exact) mass is 652 g/mol. The first-order chi connectivity index (χ1) is 23.0. The smallest absolute Gasteiger partial charge is 0.410 e. The highest BCUT2D eigenvalue weighted by molar-refractivity contribution is 6.06. The van der Waals surface area contributed by atoms with E-state index in [0.717, 1.165) is 69.9 Å². The third-order valence-corrected chi connectivity index (χ3v) is 9.68. The van der Waals surface area contributed by atoms with Crippen molar-refractivity contribution in [2.75, 3.05) is 13.1 Å². The van der Waals surface area contributed by atoms with Crippen molar-refractivity contribution in [3.05, 3.63) is 76.3 Å². The quantitative estimate of drug-likeness (QED) is 0.206. The van der Waals surface area contributed by atoms with E-state index in [1.54, 1.807) is 15.9 Å². The largest absolute Gasteiger partial charge is 0.444 e. The van der Waals surface area contributed by atoms with E-state index in [2.05, 4.69) is 28.7 Å². The summed E-state index contributed by atoms with van der Waals surface area (Å²) in [6.45, 7) is 14.8. The first-order valence-electron chi connectivity index (χ1n) is 17.3. The lowest BCUT2D eigenvalue weighted by Gasteiger charge is -2.30. The summed E-state index contributed by atoms with van der Waals surface area (Å²) >= 11 is 0. The molecule has 48 heavy (non-hydrogen) atoms. The second-order valence-corrected chi connectivity index (χ2v) is 14.4. The molecule has 0 spiro atoms. The van der Waals surface area contributed by atoms with Crippen molar-refractivity contribution >= 4 is 28.5 Å². The van der Waals surface area contributed by atoms with Crippen LogP contribution < -0.4 is 0 Å². The highest BCUT2D eigenvalue weighted by Gasteiger charge is 2.34. The number of carbonyl (C=O) groups is 2. The Balaban J connectivity index is 1.38. The van der Waals surface area contributed by atoms with Gasteiger partial charge in [-0.3, -0.25) is 14.5 Å². The molecule has 4 aromatic rings. The van der Waals surface area contributed by atoms with Gasteiger partial charge < -0.3 is 19.1 Å². The number of hydrogen-bond acceptors (Lipinski definition) is 5. The van der Waals surface area contributed by atoms with E-state index in [-0.39, 0.29) is 17.6 Å². The Morgan fingerprint density at radius 1 is 1.04 bits per heavy atom. The lowest BCUT2D eigenvalue weighted by atomic mass is 9.96. The minimum Gasteiger partial charge on any atom is -0.444 e. The topological polar surface area (TPSA) is 85.5 Å². The van der Waals surface area contributed by atoms with Crippen molar-refractivity contribution in [2.45, 2.75) is 99.0 Å². The normalized spacial score (nSPS) is 16.4. The average molecular weight is 653 g/mol. The summed E-state index contributed by atoms with van der Waals surface area (Å²) in [5.74, 6) is -0.357. The number of halogens is 1. The molecule has 1 fully saturated rings. The van der Waals surface area contributed by atoms with Crippen LogP contribution in [0.2, 0.25) is 0 Å². The van der Waals surface area contributed by atoms with Gasteiger partial charge in [-0.25, -0.2) is 9.18 Å². The van der Waals surface area contributed by atoms with Gasteiger partial charge in [0.25, 0.3) is 5.91 Å². The van der Waals surface area contributed by atoms with Crippen LogP contribution in [0, 0.1) is 18.7 Å².